The second-order valence-electron chi connectivity index (χ2n) is 9.14. The molecule has 0 N–H and O–H groups in total. The van der Waals surface area contributed by atoms with Crippen LogP contribution in [0, 0.1) is 25.6 Å². The Kier molecular flexibility index (Phi) is 6.17. The van der Waals surface area contributed by atoms with E-state index in [1.807, 2.05) is 36.9 Å². The Morgan fingerprint density at radius 1 is 0.853 bits per heavy atom. The number of carbonyl (C=O) groups is 1. The van der Waals surface area contributed by atoms with Crippen LogP contribution in [0.1, 0.15) is 24.2 Å². The highest BCUT2D eigenvalue weighted by Gasteiger charge is 2.31. The lowest BCUT2D eigenvalue weighted by molar-refractivity contribution is -0.136. The van der Waals surface area contributed by atoms with Crippen LogP contribution in [0.25, 0.3) is 5.82 Å². The SMILES string of the molecule is Cc1cc(C)n(-c2ccc(N3CCC(C(=O)N4CCN(c5ccc(F)cc5)CC4)CC3)nn2)n1. The molecule has 9 heteroatoms. The summed E-state index contributed by atoms with van der Waals surface area (Å²) in [5, 5.41) is 13.3. The molecule has 5 rings (SSSR count). The number of anilines is 2. The molecule has 178 valence electrons. The molecule has 3 aromatic rings. The van der Waals surface area contributed by atoms with Gasteiger partial charge in [-0.15, -0.1) is 10.2 Å². The number of nitrogens with zero attached hydrogens (tertiary/aromatic N) is 7. The molecule has 0 unspecified atom stereocenters. The summed E-state index contributed by atoms with van der Waals surface area (Å²) in [5.74, 6) is 1.62. The Balaban J connectivity index is 1.13. The number of piperazine rings is 1. The van der Waals surface area contributed by atoms with Crippen molar-refractivity contribution >= 4 is 17.4 Å². The van der Waals surface area contributed by atoms with Crippen molar-refractivity contribution in [2.24, 2.45) is 5.92 Å². The van der Waals surface area contributed by atoms with Crippen LogP contribution < -0.4 is 9.80 Å². The van der Waals surface area contributed by atoms with Gasteiger partial charge in [-0.25, -0.2) is 9.07 Å². The number of piperidine rings is 1. The number of aromatic nitrogens is 4. The van der Waals surface area contributed by atoms with Gasteiger partial charge < -0.3 is 14.7 Å². The quantitative estimate of drug-likeness (QED) is 0.593. The zero-order valence-corrected chi connectivity index (χ0v) is 19.7. The summed E-state index contributed by atoms with van der Waals surface area (Å²) in [7, 11) is 0. The highest BCUT2D eigenvalue weighted by molar-refractivity contribution is 5.79. The molecule has 2 saturated heterocycles. The van der Waals surface area contributed by atoms with E-state index >= 15 is 0 Å². The summed E-state index contributed by atoms with van der Waals surface area (Å²) in [5.41, 5.74) is 2.98. The Bertz CT molecular complexity index is 1130. The fourth-order valence-corrected chi connectivity index (χ4v) is 4.91. The first kappa shape index (κ1) is 22.3. The number of rotatable bonds is 4. The van der Waals surface area contributed by atoms with Gasteiger partial charge in [-0.1, -0.05) is 0 Å². The molecule has 0 bridgehead atoms. The number of halogens is 1. The van der Waals surface area contributed by atoms with Gasteiger partial charge in [-0.05, 0) is 69.2 Å². The lowest BCUT2D eigenvalue weighted by Crippen LogP contribution is -2.51. The van der Waals surface area contributed by atoms with E-state index in [4.69, 9.17) is 0 Å². The van der Waals surface area contributed by atoms with E-state index in [0.717, 1.165) is 61.9 Å². The van der Waals surface area contributed by atoms with E-state index in [9.17, 15) is 9.18 Å². The molecule has 8 nitrogen and oxygen atoms in total. The molecule has 1 aromatic carbocycles. The summed E-state index contributed by atoms with van der Waals surface area (Å²) in [6.45, 7) is 8.49. The molecule has 2 aliphatic heterocycles. The largest absolute Gasteiger partial charge is 0.368 e. The van der Waals surface area contributed by atoms with E-state index in [2.05, 4.69) is 25.1 Å². The third kappa shape index (κ3) is 4.60. The molecule has 34 heavy (non-hydrogen) atoms. The number of aryl methyl sites for hydroxylation is 2. The Hall–Kier alpha value is -3.49. The minimum Gasteiger partial charge on any atom is -0.368 e. The van der Waals surface area contributed by atoms with Crippen molar-refractivity contribution in [1.29, 1.82) is 0 Å². The van der Waals surface area contributed by atoms with Gasteiger partial charge >= 0.3 is 0 Å². The fraction of sp³-hybridized carbons (Fsp3) is 0.440. The maximum absolute atomic E-state index is 13.2. The van der Waals surface area contributed by atoms with Gasteiger partial charge in [0, 0.05) is 56.6 Å². The van der Waals surface area contributed by atoms with Crippen molar-refractivity contribution in [2.75, 3.05) is 49.1 Å². The molecule has 0 aliphatic carbocycles. The minimum atomic E-state index is -0.228. The zero-order chi connectivity index (χ0) is 23.7. The van der Waals surface area contributed by atoms with Crippen molar-refractivity contribution in [3.63, 3.8) is 0 Å². The van der Waals surface area contributed by atoms with Gasteiger partial charge in [-0.3, -0.25) is 4.79 Å². The Labute approximate surface area is 199 Å². The molecule has 2 aromatic heterocycles. The second kappa shape index (κ2) is 9.40. The number of hydrogen-bond acceptors (Lipinski definition) is 6. The summed E-state index contributed by atoms with van der Waals surface area (Å²) in [4.78, 5) is 19.5. The summed E-state index contributed by atoms with van der Waals surface area (Å²) in [6, 6.07) is 12.5. The van der Waals surface area contributed by atoms with Crippen LogP contribution in [0.3, 0.4) is 0 Å². The predicted molar refractivity (Wildman–Crippen MR) is 129 cm³/mol. The summed E-state index contributed by atoms with van der Waals surface area (Å²) in [6.07, 6.45) is 1.63. The van der Waals surface area contributed by atoms with Gasteiger partial charge in [0.25, 0.3) is 0 Å². The fourth-order valence-electron chi connectivity index (χ4n) is 4.91. The van der Waals surface area contributed by atoms with Crippen LogP contribution in [0.15, 0.2) is 42.5 Å². The molecule has 2 aliphatic rings. The van der Waals surface area contributed by atoms with Crippen molar-refractivity contribution in [2.45, 2.75) is 26.7 Å². The van der Waals surface area contributed by atoms with E-state index in [1.54, 1.807) is 16.8 Å². The van der Waals surface area contributed by atoms with Crippen molar-refractivity contribution in [3.8, 4) is 5.82 Å². The topological polar surface area (TPSA) is 70.4 Å². The standard InChI is InChI=1S/C25H30FN7O/c1-18-17-19(2)33(29-18)24-8-7-23(27-28-24)31-11-9-20(10-12-31)25(34)32-15-13-30(14-16-32)22-5-3-21(26)4-6-22/h3-8,17,20H,9-16H2,1-2H3. The molecular weight excluding hydrogens is 433 g/mol. The molecule has 1 amide bonds. The molecule has 4 heterocycles. The van der Waals surface area contributed by atoms with Gasteiger partial charge in [-0.2, -0.15) is 5.10 Å². The van der Waals surface area contributed by atoms with Gasteiger partial charge in [0.1, 0.15) is 5.82 Å². The number of hydrogen-bond donors (Lipinski definition) is 0. The van der Waals surface area contributed by atoms with Crippen LogP contribution in [0.2, 0.25) is 0 Å². The second-order valence-corrected chi connectivity index (χ2v) is 9.14. The normalized spacial score (nSPS) is 17.3. The molecular formula is C25H30FN7O. The van der Waals surface area contributed by atoms with Crippen LogP contribution >= 0.6 is 0 Å². The number of carbonyl (C=O) groups excluding carboxylic acids is 1. The number of benzene rings is 1. The van der Waals surface area contributed by atoms with Crippen LogP contribution in [0.4, 0.5) is 15.9 Å². The smallest absolute Gasteiger partial charge is 0.225 e. The van der Waals surface area contributed by atoms with E-state index in [-0.39, 0.29) is 17.6 Å². The zero-order valence-electron chi connectivity index (χ0n) is 19.7. The van der Waals surface area contributed by atoms with Crippen molar-refractivity contribution < 1.29 is 9.18 Å². The maximum Gasteiger partial charge on any atom is 0.225 e. The Morgan fingerprint density at radius 3 is 2.09 bits per heavy atom. The molecule has 0 radical (unpaired) electrons. The third-order valence-electron chi connectivity index (χ3n) is 6.81. The first-order chi connectivity index (χ1) is 16.5. The molecule has 0 atom stereocenters. The molecule has 2 fully saturated rings. The van der Waals surface area contributed by atoms with Gasteiger partial charge in [0.15, 0.2) is 11.6 Å². The summed E-state index contributed by atoms with van der Waals surface area (Å²) >= 11 is 0. The van der Waals surface area contributed by atoms with Crippen LogP contribution in [-0.2, 0) is 4.79 Å². The van der Waals surface area contributed by atoms with Crippen molar-refractivity contribution in [1.82, 2.24) is 24.9 Å². The predicted octanol–water partition coefficient (Wildman–Crippen LogP) is 2.98. The first-order valence-corrected chi connectivity index (χ1v) is 11.9. The average molecular weight is 464 g/mol. The average Bonchev–Trinajstić information content (AvgIpc) is 3.22. The van der Waals surface area contributed by atoms with Crippen LogP contribution in [-0.4, -0.2) is 70.1 Å². The summed E-state index contributed by atoms with van der Waals surface area (Å²) < 4.78 is 15.0. The van der Waals surface area contributed by atoms with Gasteiger partial charge in [0.05, 0.1) is 5.69 Å². The van der Waals surface area contributed by atoms with Crippen molar-refractivity contribution in [3.05, 3.63) is 59.7 Å². The third-order valence-corrected chi connectivity index (χ3v) is 6.81. The van der Waals surface area contributed by atoms with E-state index in [1.165, 1.54) is 12.1 Å². The lowest BCUT2D eigenvalue weighted by atomic mass is 9.95. The maximum atomic E-state index is 13.2. The van der Waals surface area contributed by atoms with Gasteiger partial charge in [0.2, 0.25) is 5.91 Å². The van der Waals surface area contributed by atoms with Crippen LogP contribution in [0.5, 0.6) is 0 Å². The highest BCUT2D eigenvalue weighted by atomic mass is 19.1. The number of amides is 1. The first-order valence-electron chi connectivity index (χ1n) is 11.9. The Morgan fingerprint density at radius 2 is 1.50 bits per heavy atom. The highest BCUT2D eigenvalue weighted by Crippen LogP contribution is 2.25. The minimum absolute atomic E-state index is 0.0514. The lowest BCUT2D eigenvalue weighted by Gasteiger charge is -2.39. The molecule has 0 spiro atoms. The van der Waals surface area contributed by atoms with E-state index in [0.29, 0.717) is 18.9 Å². The molecule has 0 saturated carbocycles. The van der Waals surface area contributed by atoms with E-state index < -0.39 is 0 Å². The monoisotopic (exact) mass is 463 g/mol.